The molecule has 0 aromatic heterocycles. The van der Waals surface area contributed by atoms with Crippen LogP contribution in [0.3, 0.4) is 0 Å². The number of amides is 1. The fourth-order valence-electron chi connectivity index (χ4n) is 2.56. The van der Waals surface area contributed by atoms with Gasteiger partial charge in [0.1, 0.15) is 5.82 Å². The van der Waals surface area contributed by atoms with Crippen LogP contribution in [0.25, 0.3) is 0 Å². The van der Waals surface area contributed by atoms with E-state index in [1.165, 1.54) is 22.5 Å². The van der Waals surface area contributed by atoms with Crippen LogP contribution in [0.1, 0.15) is 10.4 Å². The summed E-state index contributed by atoms with van der Waals surface area (Å²) in [5.74, 6) is -1.16. The predicted molar refractivity (Wildman–Crippen MR) is 92.4 cm³/mol. The number of carbonyl (C=O) groups excluding carboxylic acids is 1. The van der Waals surface area contributed by atoms with Crippen molar-refractivity contribution in [1.82, 2.24) is 14.5 Å². The maximum Gasteiger partial charge on any atom is 0.254 e. The molecule has 1 saturated heterocycles. The van der Waals surface area contributed by atoms with Crippen LogP contribution in [0.5, 0.6) is 0 Å². The molecule has 1 aliphatic heterocycles. The lowest BCUT2D eigenvalue weighted by molar-refractivity contribution is 0.0363. The SMILES string of the molecule is CS(=O)(=O)N(CCNC(=O)c1ccccc1F)CCN1CCOCC1. The van der Waals surface area contributed by atoms with E-state index < -0.39 is 21.7 Å². The second-order valence-electron chi connectivity index (χ2n) is 5.85. The van der Waals surface area contributed by atoms with Gasteiger partial charge in [-0.25, -0.2) is 12.8 Å². The van der Waals surface area contributed by atoms with Gasteiger partial charge >= 0.3 is 0 Å². The summed E-state index contributed by atoms with van der Waals surface area (Å²) < 4.78 is 44.0. The maximum atomic E-state index is 13.6. The third-order valence-corrected chi connectivity index (χ3v) is 5.31. The van der Waals surface area contributed by atoms with Crippen LogP contribution in [0.15, 0.2) is 24.3 Å². The third-order valence-electron chi connectivity index (χ3n) is 4.00. The second-order valence-corrected chi connectivity index (χ2v) is 7.83. The molecule has 140 valence electrons. The van der Waals surface area contributed by atoms with Gasteiger partial charge in [0, 0.05) is 39.3 Å². The number of rotatable bonds is 8. The number of halogens is 1. The highest BCUT2D eigenvalue weighted by atomic mass is 32.2. The molecular weight excluding hydrogens is 349 g/mol. The average Bonchev–Trinajstić information content (AvgIpc) is 2.58. The van der Waals surface area contributed by atoms with Crippen LogP contribution < -0.4 is 5.32 Å². The molecule has 1 aromatic carbocycles. The minimum absolute atomic E-state index is 0.0540. The fourth-order valence-corrected chi connectivity index (χ4v) is 3.39. The van der Waals surface area contributed by atoms with E-state index in [9.17, 15) is 17.6 Å². The van der Waals surface area contributed by atoms with E-state index in [1.54, 1.807) is 6.07 Å². The summed E-state index contributed by atoms with van der Waals surface area (Å²) in [7, 11) is -3.39. The minimum atomic E-state index is -3.39. The molecule has 0 aliphatic carbocycles. The molecule has 7 nitrogen and oxygen atoms in total. The van der Waals surface area contributed by atoms with Crippen LogP contribution in [-0.4, -0.2) is 82.3 Å². The Morgan fingerprint density at radius 1 is 1.28 bits per heavy atom. The average molecular weight is 373 g/mol. The number of morpholine rings is 1. The molecule has 0 spiro atoms. The van der Waals surface area contributed by atoms with Crippen molar-refractivity contribution in [2.24, 2.45) is 0 Å². The van der Waals surface area contributed by atoms with Crippen molar-refractivity contribution in [3.8, 4) is 0 Å². The topological polar surface area (TPSA) is 79.0 Å². The quantitative estimate of drug-likeness (QED) is 0.702. The summed E-state index contributed by atoms with van der Waals surface area (Å²) in [5, 5.41) is 2.56. The number of carbonyl (C=O) groups is 1. The lowest BCUT2D eigenvalue weighted by Gasteiger charge is -2.29. The highest BCUT2D eigenvalue weighted by Gasteiger charge is 2.19. The number of nitrogens with one attached hydrogen (secondary N) is 1. The zero-order valence-electron chi connectivity index (χ0n) is 14.3. The molecule has 0 atom stereocenters. The zero-order chi connectivity index (χ0) is 18.3. The van der Waals surface area contributed by atoms with Gasteiger partial charge in [-0.05, 0) is 12.1 Å². The van der Waals surface area contributed by atoms with Gasteiger partial charge in [-0.2, -0.15) is 4.31 Å². The van der Waals surface area contributed by atoms with Crippen molar-refractivity contribution in [1.29, 1.82) is 0 Å². The standard InChI is InChI=1S/C16H24FN3O4S/c1-25(22,23)20(9-8-19-10-12-24-13-11-19)7-6-18-16(21)14-4-2-3-5-15(14)17/h2-5H,6-13H2,1H3,(H,18,21). The Labute approximate surface area is 147 Å². The summed E-state index contributed by atoms with van der Waals surface area (Å²) in [6.07, 6.45) is 1.14. The van der Waals surface area contributed by atoms with Gasteiger partial charge in [0.2, 0.25) is 10.0 Å². The van der Waals surface area contributed by atoms with Crippen LogP contribution in [0.4, 0.5) is 4.39 Å². The lowest BCUT2D eigenvalue weighted by Crippen LogP contribution is -2.45. The Hall–Kier alpha value is -1.55. The third kappa shape index (κ3) is 6.35. The molecule has 9 heteroatoms. The smallest absolute Gasteiger partial charge is 0.254 e. The highest BCUT2D eigenvalue weighted by Crippen LogP contribution is 2.06. The van der Waals surface area contributed by atoms with E-state index in [2.05, 4.69) is 10.2 Å². The molecule has 1 fully saturated rings. The van der Waals surface area contributed by atoms with Crippen molar-refractivity contribution in [3.63, 3.8) is 0 Å². The lowest BCUT2D eigenvalue weighted by atomic mass is 10.2. The van der Waals surface area contributed by atoms with Crippen LogP contribution >= 0.6 is 0 Å². The van der Waals surface area contributed by atoms with Gasteiger partial charge in [0.15, 0.2) is 0 Å². The summed E-state index contributed by atoms with van der Waals surface area (Å²) in [4.78, 5) is 14.1. The van der Waals surface area contributed by atoms with Crippen molar-refractivity contribution >= 4 is 15.9 Å². The van der Waals surface area contributed by atoms with E-state index in [-0.39, 0.29) is 18.7 Å². The van der Waals surface area contributed by atoms with E-state index in [0.717, 1.165) is 19.3 Å². The summed E-state index contributed by atoms with van der Waals surface area (Å²) in [6, 6.07) is 5.67. The molecule has 2 rings (SSSR count). The first-order chi connectivity index (χ1) is 11.9. The van der Waals surface area contributed by atoms with Crippen LogP contribution in [0.2, 0.25) is 0 Å². The number of benzene rings is 1. The Morgan fingerprint density at radius 2 is 1.96 bits per heavy atom. The van der Waals surface area contributed by atoms with Gasteiger partial charge in [-0.1, -0.05) is 12.1 Å². The van der Waals surface area contributed by atoms with Gasteiger partial charge in [0.05, 0.1) is 25.0 Å². The first kappa shape index (κ1) is 19.8. The Morgan fingerprint density at radius 3 is 2.60 bits per heavy atom. The van der Waals surface area contributed by atoms with Gasteiger partial charge in [0.25, 0.3) is 5.91 Å². The summed E-state index contributed by atoms with van der Waals surface area (Å²) in [6.45, 7) is 4.07. The fraction of sp³-hybridized carbons (Fsp3) is 0.562. The Balaban J connectivity index is 1.83. The molecule has 0 unspecified atom stereocenters. The second kappa shape index (κ2) is 9.23. The van der Waals surface area contributed by atoms with Gasteiger partial charge in [-0.3, -0.25) is 9.69 Å². The van der Waals surface area contributed by atoms with Crippen LogP contribution in [-0.2, 0) is 14.8 Å². The summed E-state index contributed by atoms with van der Waals surface area (Å²) in [5.41, 5.74) is -0.0540. The molecule has 0 saturated carbocycles. The largest absolute Gasteiger partial charge is 0.379 e. The van der Waals surface area contributed by atoms with E-state index >= 15 is 0 Å². The van der Waals surface area contributed by atoms with E-state index in [4.69, 9.17) is 4.74 Å². The molecule has 0 bridgehead atoms. The molecule has 1 aliphatic rings. The van der Waals surface area contributed by atoms with Crippen LogP contribution in [0, 0.1) is 5.82 Å². The molecule has 25 heavy (non-hydrogen) atoms. The Bertz CT molecular complexity index is 678. The first-order valence-electron chi connectivity index (χ1n) is 8.16. The first-order valence-corrected chi connectivity index (χ1v) is 10.0. The van der Waals surface area contributed by atoms with Crippen molar-refractivity contribution in [3.05, 3.63) is 35.6 Å². The van der Waals surface area contributed by atoms with Gasteiger partial charge < -0.3 is 10.1 Å². The Kier molecular flexibility index (Phi) is 7.30. The number of ether oxygens (including phenoxy) is 1. The predicted octanol–water partition coefficient (Wildman–Crippen LogP) is 0.149. The normalized spacial score (nSPS) is 16.1. The minimum Gasteiger partial charge on any atom is -0.379 e. The molecule has 0 radical (unpaired) electrons. The van der Waals surface area contributed by atoms with Gasteiger partial charge in [-0.15, -0.1) is 0 Å². The van der Waals surface area contributed by atoms with Crippen molar-refractivity contribution < 1.29 is 22.3 Å². The van der Waals surface area contributed by atoms with Crippen molar-refractivity contribution in [2.45, 2.75) is 0 Å². The molecule has 1 aromatic rings. The summed E-state index contributed by atoms with van der Waals surface area (Å²) >= 11 is 0. The zero-order valence-corrected chi connectivity index (χ0v) is 15.1. The number of nitrogens with zero attached hydrogens (tertiary/aromatic N) is 2. The molecule has 1 heterocycles. The van der Waals surface area contributed by atoms with E-state index in [1.807, 2.05) is 0 Å². The highest BCUT2D eigenvalue weighted by molar-refractivity contribution is 7.88. The number of hydrogen-bond acceptors (Lipinski definition) is 5. The molecule has 1 N–H and O–H groups in total. The number of hydrogen-bond donors (Lipinski definition) is 1. The molecule has 1 amide bonds. The van der Waals surface area contributed by atoms with E-state index in [0.29, 0.717) is 26.3 Å². The molecular formula is C16H24FN3O4S. The maximum absolute atomic E-state index is 13.6. The van der Waals surface area contributed by atoms with Crippen molar-refractivity contribution in [2.75, 3.05) is 58.7 Å². The number of sulfonamides is 1. The monoisotopic (exact) mass is 373 g/mol.